The average molecular weight is 332 g/mol. The van der Waals surface area contributed by atoms with Gasteiger partial charge in [0, 0.05) is 13.3 Å². The van der Waals surface area contributed by atoms with Crippen molar-refractivity contribution in [2.24, 2.45) is 35.0 Å². The molecule has 5 unspecified atom stereocenters. The lowest BCUT2D eigenvalue weighted by atomic mass is 9.49. The van der Waals surface area contributed by atoms with Gasteiger partial charge in [0.15, 0.2) is 0 Å². The van der Waals surface area contributed by atoms with Gasteiger partial charge in [0.05, 0.1) is 6.10 Å². The molecular weight excluding hydrogens is 300 g/mol. The molecule has 0 amide bonds. The van der Waals surface area contributed by atoms with Crippen molar-refractivity contribution in [3.05, 3.63) is 11.6 Å². The molecule has 8 atom stereocenters. The van der Waals surface area contributed by atoms with Gasteiger partial charge in [-0.2, -0.15) is 0 Å². The lowest BCUT2D eigenvalue weighted by Crippen LogP contribution is -2.50. The molecule has 3 heteroatoms. The summed E-state index contributed by atoms with van der Waals surface area (Å²) >= 11 is 0. The molecule has 0 aromatic carbocycles. The normalized spacial score (nSPS) is 50.3. The summed E-state index contributed by atoms with van der Waals surface area (Å²) < 4.78 is 5.51. The second kappa shape index (κ2) is 5.86. The summed E-state index contributed by atoms with van der Waals surface area (Å²) in [6.45, 7) is 6.36. The van der Waals surface area contributed by atoms with E-state index in [1.807, 2.05) is 0 Å². The van der Waals surface area contributed by atoms with Gasteiger partial charge in [-0.3, -0.25) is 4.79 Å². The van der Waals surface area contributed by atoms with Crippen LogP contribution < -0.4 is 0 Å². The Labute approximate surface area is 145 Å². The number of aliphatic hydroxyl groups is 1. The van der Waals surface area contributed by atoms with Crippen LogP contribution in [0.1, 0.15) is 65.7 Å². The van der Waals surface area contributed by atoms with Crippen molar-refractivity contribution in [1.82, 2.24) is 0 Å². The van der Waals surface area contributed by atoms with E-state index in [1.54, 1.807) is 5.57 Å². The highest BCUT2D eigenvalue weighted by Gasteiger charge is 2.56. The summed E-state index contributed by atoms with van der Waals surface area (Å²) in [4.78, 5) is 11.3. The third-order valence-electron chi connectivity index (χ3n) is 8.04. The highest BCUT2D eigenvalue weighted by atomic mass is 16.5. The first-order valence-corrected chi connectivity index (χ1v) is 9.95. The summed E-state index contributed by atoms with van der Waals surface area (Å²) in [6.07, 6.45) is 10.2. The van der Waals surface area contributed by atoms with Gasteiger partial charge in [0.2, 0.25) is 0 Å². The Kier molecular flexibility index (Phi) is 4.06. The summed E-state index contributed by atoms with van der Waals surface area (Å²) in [5, 5.41) is 10.4. The van der Waals surface area contributed by atoms with Gasteiger partial charge in [0.1, 0.15) is 6.10 Å². The fourth-order valence-corrected chi connectivity index (χ4v) is 6.99. The molecule has 4 aliphatic rings. The summed E-state index contributed by atoms with van der Waals surface area (Å²) in [5.74, 6) is 3.24. The van der Waals surface area contributed by atoms with Crippen molar-refractivity contribution in [3.8, 4) is 0 Å². The Balaban J connectivity index is 1.59. The molecule has 0 radical (unpaired) electrons. The first kappa shape index (κ1) is 16.6. The van der Waals surface area contributed by atoms with Crippen LogP contribution in [0.15, 0.2) is 11.6 Å². The van der Waals surface area contributed by atoms with Crippen LogP contribution in [-0.4, -0.2) is 23.3 Å². The van der Waals surface area contributed by atoms with Crippen LogP contribution >= 0.6 is 0 Å². The van der Waals surface area contributed by atoms with Gasteiger partial charge in [-0.15, -0.1) is 0 Å². The second-order valence-corrected chi connectivity index (χ2v) is 9.23. The van der Waals surface area contributed by atoms with Gasteiger partial charge in [-0.1, -0.05) is 25.5 Å². The number of carbonyl (C=O) groups excluding carboxylic acids is 1. The molecule has 3 fully saturated rings. The molecule has 4 aliphatic carbocycles. The van der Waals surface area contributed by atoms with Crippen molar-refractivity contribution < 1.29 is 14.6 Å². The lowest BCUT2D eigenvalue weighted by Gasteiger charge is -2.56. The van der Waals surface area contributed by atoms with Crippen molar-refractivity contribution in [3.63, 3.8) is 0 Å². The third kappa shape index (κ3) is 2.46. The number of aliphatic hydroxyl groups excluding tert-OH is 1. The summed E-state index contributed by atoms with van der Waals surface area (Å²) in [5.41, 5.74) is 1.83. The van der Waals surface area contributed by atoms with Crippen LogP contribution in [0.3, 0.4) is 0 Å². The Morgan fingerprint density at radius 1 is 1.29 bits per heavy atom. The maximum absolute atomic E-state index is 11.3. The number of fused-ring (bicyclic) bond motifs is 5. The van der Waals surface area contributed by atoms with E-state index < -0.39 is 0 Å². The molecule has 0 bridgehead atoms. The molecule has 0 saturated heterocycles. The Bertz CT molecular complexity index is 553. The number of esters is 1. The summed E-state index contributed by atoms with van der Waals surface area (Å²) in [7, 11) is 0. The molecule has 3 saturated carbocycles. The molecule has 24 heavy (non-hydrogen) atoms. The lowest BCUT2D eigenvalue weighted by molar-refractivity contribution is -0.148. The zero-order chi connectivity index (χ0) is 17.1. The average Bonchev–Trinajstić information content (AvgIpc) is 2.91. The van der Waals surface area contributed by atoms with Crippen LogP contribution in [0.4, 0.5) is 0 Å². The van der Waals surface area contributed by atoms with Crippen LogP contribution in [0.5, 0.6) is 0 Å². The third-order valence-corrected chi connectivity index (χ3v) is 8.04. The number of allylic oxidation sites excluding steroid dienone is 1. The van der Waals surface area contributed by atoms with E-state index in [9.17, 15) is 9.90 Å². The summed E-state index contributed by atoms with van der Waals surface area (Å²) in [6, 6.07) is 0. The SMILES string of the molecule is CC(=O)O[C@H]1CC[C@@]2(C)C(=CCC3C4CC[C@H](O)C4C(C)CC32)C1. The second-order valence-electron chi connectivity index (χ2n) is 9.23. The van der Waals surface area contributed by atoms with Gasteiger partial charge in [-0.05, 0) is 73.5 Å². The zero-order valence-electron chi connectivity index (χ0n) is 15.3. The van der Waals surface area contributed by atoms with Crippen molar-refractivity contribution in [2.75, 3.05) is 0 Å². The Hall–Kier alpha value is -0.830. The predicted octanol–water partition coefficient (Wildman–Crippen LogP) is 4.10. The Morgan fingerprint density at radius 3 is 2.83 bits per heavy atom. The molecule has 0 spiro atoms. The van der Waals surface area contributed by atoms with E-state index in [1.165, 1.54) is 26.2 Å². The Morgan fingerprint density at radius 2 is 2.08 bits per heavy atom. The van der Waals surface area contributed by atoms with E-state index in [0.717, 1.165) is 43.4 Å². The quantitative estimate of drug-likeness (QED) is 0.581. The van der Waals surface area contributed by atoms with Crippen LogP contribution in [0, 0.1) is 35.0 Å². The number of hydrogen-bond donors (Lipinski definition) is 1. The number of ether oxygens (including phenoxy) is 1. The fraction of sp³-hybridized carbons (Fsp3) is 0.857. The smallest absolute Gasteiger partial charge is 0.302 e. The van der Waals surface area contributed by atoms with Crippen LogP contribution in [0.25, 0.3) is 0 Å². The van der Waals surface area contributed by atoms with Crippen molar-refractivity contribution >= 4 is 5.97 Å². The number of rotatable bonds is 1. The minimum Gasteiger partial charge on any atom is -0.462 e. The first-order valence-electron chi connectivity index (χ1n) is 9.95. The molecule has 3 nitrogen and oxygen atoms in total. The van der Waals surface area contributed by atoms with Gasteiger partial charge >= 0.3 is 5.97 Å². The maximum atomic E-state index is 11.3. The topological polar surface area (TPSA) is 46.5 Å². The minimum absolute atomic E-state index is 0.0659. The largest absolute Gasteiger partial charge is 0.462 e. The first-order chi connectivity index (χ1) is 11.4. The minimum atomic E-state index is -0.146. The van der Waals surface area contributed by atoms with Gasteiger partial charge < -0.3 is 9.84 Å². The van der Waals surface area contributed by atoms with E-state index in [2.05, 4.69) is 19.9 Å². The van der Waals surface area contributed by atoms with Crippen molar-refractivity contribution in [2.45, 2.75) is 77.9 Å². The number of hydrogen-bond acceptors (Lipinski definition) is 3. The van der Waals surface area contributed by atoms with Crippen LogP contribution in [0.2, 0.25) is 0 Å². The monoisotopic (exact) mass is 332 g/mol. The molecule has 1 N–H and O–H groups in total. The molecule has 0 aromatic heterocycles. The van der Waals surface area contributed by atoms with E-state index in [4.69, 9.17) is 4.74 Å². The standard InChI is InChI=1S/C21H32O3/c1-12-10-18-16(17-6-7-19(23)20(12)17)5-4-14-11-15(24-13(2)22)8-9-21(14,18)3/h4,12,15-20,23H,5-11H2,1-3H3/t12?,15-,16?,17?,18?,19-,20?,21-/m0/s1. The van der Waals surface area contributed by atoms with E-state index >= 15 is 0 Å². The van der Waals surface area contributed by atoms with Gasteiger partial charge in [-0.25, -0.2) is 0 Å². The molecule has 0 heterocycles. The van der Waals surface area contributed by atoms with E-state index in [-0.39, 0.29) is 23.6 Å². The molecule has 134 valence electrons. The fourth-order valence-electron chi connectivity index (χ4n) is 6.99. The maximum Gasteiger partial charge on any atom is 0.302 e. The number of carbonyl (C=O) groups is 1. The van der Waals surface area contributed by atoms with E-state index in [0.29, 0.717) is 11.8 Å². The molecule has 4 rings (SSSR count). The highest BCUT2D eigenvalue weighted by Crippen LogP contribution is 2.62. The predicted molar refractivity (Wildman–Crippen MR) is 93.2 cm³/mol. The van der Waals surface area contributed by atoms with Gasteiger partial charge in [0.25, 0.3) is 0 Å². The molecule has 0 aliphatic heterocycles. The molecule has 0 aromatic rings. The van der Waals surface area contributed by atoms with Crippen molar-refractivity contribution in [1.29, 1.82) is 0 Å². The molecular formula is C21H32O3. The zero-order valence-corrected chi connectivity index (χ0v) is 15.3. The highest BCUT2D eigenvalue weighted by molar-refractivity contribution is 5.66. The van der Waals surface area contributed by atoms with Crippen LogP contribution in [-0.2, 0) is 9.53 Å².